The highest BCUT2D eigenvalue weighted by molar-refractivity contribution is 9.10. The van der Waals surface area contributed by atoms with Crippen molar-refractivity contribution in [3.8, 4) is 5.75 Å². The van der Waals surface area contributed by atoms with Crippen LogP contribution in [0.5, 0.6) is 5.75 Å². The topological polar surface area (TPSA) is 33.7 Å². The summed E-state index contributed by atoms with van der Waals surface area (Å²) < 4.78 is 11.8. The average molecular weight is 467 g/mol. The van der Waals surface area contributed by atoms with Crippen molar-refractivity contribution in [1.82, 2.24) is 10.2 Å². The van der Waals surface area contributed by atoms with E-state index in [1.165, 1.54) is 74.6 Å². The third-order valence-electron chi connectivity index (χ3n) is 6.91. The Hall–Kier alpha value is -0.620. The van der Waals surface area contributed by atoms with Crippen molar-refractivity contribution in [2.45, 2.75) is 57.4 Å². The molecule has 1 aliphatic heterocycles. The molecule has 0 amide bonds. The van der Waals surface area contributed by atoms with Crippen LogP contribution in [0, 0.1) is 11.8 Å². The molecule has 1 aromatic carbocycles. The average Bonchev–Trinajstić information content (AvgIpc) is 2.76. The van der Waals surface area contributed by atoms with Crippen LogP contribution in [-0.2, 0) is 11.2 Å². The van der Waals surface area contributed by atoms with Gasteiger partial charge in [0.15, 0.2) is 0 Å². The van der Waals surface area contributed by atoms with E-state index in [0.717, 1.165) is 37.2 Å². The quantitative estimate of drug-likeness (QED) is 0.497. The standard InChI is InChI=1S/C24H39BrN2O2/c1-28-16-12-26-22-5-3-19(4-6-22)9-13-27-14-10-20(11-15-27)17-21-18-23(29-2)7-8-24(21)25/h7-8,18-20,22,26H,3-6,9-17H2,1-2H3. The van der Waals surface area contributed by atoms with Crippen molar-refractivity contribution in [3.05, 3.63) is 28.2 Å². The van der Waals surface area contributed by atoms with Crippen LogP contribution in [0.3, 0.4) is 0 Å². The molecule has 29 heavy (non-hydrogen) atoms. The molecule has 2 fully saturated rings. The van der Waals surface area contributed by atoms with Gasteiger partial charge in [0.1, 0.15) is 5.75 Å². The molecular formula is C24H39BrN2O2. The summed E-state index contributed by atoms with van der Waals surface area (Å²) in [4.78, 5) is 2.71. The molecule has 1 N–H and O–H groups in total. The maximum atomic E-state index is 5.40. The molecule has 0 radical (unpaired) electrons. The number of nitrogens with zero attached hydrogens (tertiary/aromatic N) is 1. The van der Waals surface area contributed by atoms with E-state index in [4.69, 9.17) is 9.47 Å². The van der Waals surface area contributed by atoms with Gasteiger partial charge in [0.25, 0.3) is 0 Å². The van der Waals surface area contributed by atoms with Crippen LogP contribution in [0.4, 0.5) is 0 Å². The highest BCUT2D eigenvalue weighted by Crippen LogP contribution is 2.30. The summed E-state index contributed by atoms with van der Waals surface area (Å²) >= 11 is 3.71. The molecule has 3 rings (SSSR count). The van der Waals surface area contributed by atoms with Gasteiger partial charge < -0.3 is 19.7 Å². The predicted molar refractivity (Wildman–Crippen MR) is 124 cm³/mol. The van der Waals surface area contributed by atoms with E-state index in [0.29, 0.717) is 6.04 Å². The SMILES string of the molecule is COCCNC1CCC(CCN2CCC(Cc3cc(OC)ccc3Br)CC2)CC1. The first kappa shape index (κ1) is 23.1. The van der Waals surface area contributed by atoms with Gasteiger partial charge in [-0.3, -0.25) is 0 Å². The Kier molecular flexibility index (Phi) is 9.77. The Morgan fingerprint density at radius 2 is 1.79 bits per heavy atom. The van der Waals surface area contributed by atoms with Crippen molar-refractivity contribution in [1.29, 1.82) is 0 Å². The molecule has 1 saturated heterocycles. The summed E-state index contributed by atoms with van der Waals surface area (Å²) in [6, 6.07) is 7.05. The zero-order chi connectivity index (χ0) is 20.5. The molecule has 0 bridgehead atoms. The molecule has 1 aliphatic carbocycles. The Balaban J connectivity index is 1.32. The van der Waals surface area contributed by atoms with E-state index in [9.17, 15) is 0 Å². The van der Waals surface area contributed by atoms with E-state index < -0.39 is 0 Å². The minimum atomic E-state index is 0.716. The van der Waals surface area contributed by atoms with Crippen LogP contribution in [0.25, 0.3) is 0 Å². The van der Waals surface area contributed by atoms with Crippen LogP contribution < -0.4 is 10.1 Å². The van der Waals surface area contributed by atoms with Gasteiger partial charge in [0.05, 0.1) is 13.7 Å². The summed E-state index contributed by atoms with van der Waals surface area (Å²) in [6.07, 6.45) is 10.6. The molecule has 0 unspecified atom stereocenters. The summed E-state index contributed by atoms with van der Waals surface area (Å²) in [5.74, 6) is 2.69. The third-order valence-corrected chi connectivity index (χ3v) is 7.68. The van der Waals surface area contributed by atoms with Gasteiger partial charge in [-0.05, 0) is 107 Å². The number of rotatable bonds is 10. The predicted octanol–water partition coefficient (Wildman–Crippen LogP) is 4.90. The van der Waals surface area contributed by atoms with Crippen molar-refractivity contribution in [2.24, 2.45) is 11.8 Å². The Labute approximate surface area is 185 Å². The van der Waals surface area contributed by atoms with Gasteiger partial charge in [0, 0.05) is 24.2 Å². The third kappa shape index (κ3) is 7.54. The zero-order valence-electron chi connectivity index (χ0n) is 18.3. The minimum Gasteiger partial charge on any atom is -0.497 e. The first-order chi connectivity index (χ1) is 14.2. The fourth-order valence-corrected chi connectivity index (χ4v) is 5.35. The molecule has 0 aromatic heterocycles. The molecular weight excluding hydrogens is 428 g/mol. The number of hydrogen-bond acceptors (Lipinski definition) is 4. The van der Waals surface area contributed by atoms with Crippen LogP contribution >= 0.6 is 15.9 Å². The molecule has 4 nitrogen and oxygen atoms in total. The number of ether oxygens (including phenoxy) is 2. The summed E-state index contributed by atoms with van der Waals surface area (Å²) in [5.41, 5.74) is 1.39. The Bertz CT molecular complexity index is 597. The number of nitrogens with one attached hydrogen (secondary N) is 1. The molecule has 164 valence electrons. The number of likely N-dealkylation sites (tertiary alicyclic amines) is 1. The van der Waals surface area contributed by atoms with Gasteiger partial charge >= 0.3 is 0 Å². The van der Waals surface area contributed by atoms with Crippen molar-refractivity contribution in [3.63, 3.8) is 0 Å². The number of hydrogen-bond donors (Lipinski definition) is 1. The van der Waals surface area contributed by atoms with Gasteiger partial charge in [-0.2, -0.15) is 0 Å². The Morgan fingerprint density at radius 3 is 2.48 bits per heavy atom. The molecule has 0 spiro atoms. The van der Waals surface area contributed by atoms with Gasteiger partial charge in [-0.15, -0.1) is 0 Å². The monoisotopic (exact) mass is 466 g/mol. The first-order valence-corrected chi connectivity index (χ1v) is 12.2. The van der Waals surface area contributed by atoms with Crippen LogP contribution in [-0.4, -0.2) is 57.9 Å². The zero-order valence-corrected chi connectivity index (χ0v) is 19.9. The molecule has 0 atom stereocenters. The van der Waals surface area contributed by atoms with E-state index in [2.05, 4.69) is 38.3 Å². The maximum absolute atomic E-state index is 5.40. The fraction of sp³-hybridized carbons (Fsp3) is 0.750. The van der Waals surface area contributed by atoms with Crippen molar-refractivity contribution in [2.75, 3.05) is 47.0 Å². The van der Waals surface area contributed by atoms with Gasteiger partial charge in [-0.25, -0.2) is 0 Å². The lowest BCUT2D eigenvalue weighted by molar-refractivity contribution is 0.160. The van der Waals surface area contributed by atoms with E-state index in [1.807, 2.05) is 6.07 Å². The molecule has 5 heteroatoms. The summed E-state index contributed by atoms with van der Waals surface area (Å²) in [7, 11) is 3.52. The lowest BCUT2D eigenvalue weighted by Gasteiger charge is -2.34. The second kappa shape index (κ2) is 12.3. The molecule has 1 saturated carbocycles. The lowest BCUT2D eigenvalue weighted by atomic mass is 9.83. The smallest absolute Gasteiger partial charge is 0.119 e. The molecule has 1 aromatic rings. The highest BCUT2D eigenvalue weighted by atomic mass is 79.9. The fourth-order valence-electron chi connectivity index (χ4n) is 4.95. The van der Waals surface area contributed by atoms with Crippen LogP contribution in [0.15, 0.2) is 22.7 Å². The molecule has 2 aliphatic rings. The van der Waals surface area contributed by atoms with Gasteiger partial charge in [-0.1, -0.05) is 15.9 Å². The molecule has 1 heterocycles. The minimum absolute atomic E-state index is 0.716. The first-order valence-electron chi connectivity index (χ1n) is 11.4. The van der Waals surface area contributed by atoms with Crippen molar-refractivity contribution < 1.29 is 9.47 Å². The largest absolute Gasteiger partial charge is 0.497 e. The van der Waals surface area contributed by atoms with Crippen LogP contribution in [0.1, 0.15) is 50.5 Å². The number of benzene rings is 1. The lowest BCUT2D eigenvalue weighted by Crippen LogP contribution is -2.37. The summed E-state index contributed by atoms with van der Waals surface area (Å²) in [5, 5.41) is 3.64. The second-order valence-electron chi connectivity index (χ2n) is 8.90. The van der Waals surface area contributed by atoms with E-state index in [1.54, 1.807) is 14.2 Å². The number of piperidine rings is 1. The van der Waals surface area contributed by atoms with Gasteiger partial charge in [0.2, 0.25) is 0 Å². The number of methoxy groups -OCH3 is 2. The highest BCUT2D eigenvalue weighted by Gasteiger charge is 2.24. The van der Waals surface area contributed by atoms with E-state index >= 15 is 0 Å². The van der Waals surface area contributed by atoms with E-state index in [-0.39, 0.29) is 0 Å². The van der Waals surface area contributed by atoms with Crippen molar-refractivity contribution >= 4 is 15.9 Å². The second-order valence-corrected chi connectivity index (χ2v) is 9.75. The summed E-state index contributed by atoms with van der Waals surface area (Å²) in [6.45, 7) is 5.64. The Morgan fingerprint density at radius 1 is 1.03 bits per heavy atom. The van der Waals surface area contributed by atoms with Crippen LogP contribution in [0.2, 0.25) is 0 Å². The normalized spacial score (nSPS) is 24.0. The number of halogens is 1. The maximum Gasteiger partial charge on any atom is 0.119 e.